The van der Waals surface area contributed by atoms with E-state index in [0.29, 0.717) is 12.6 Å². The fourth-order valence-corrected chi connectivity index (χ4v) is 2.65. The Balaban J connectivity index is 1.82. The Labute approximate surface area is 113 Å². The number of carbonyl (C=O) groups is 1. The smallest absolute Gasteiger partial charge is 0.253 e. The molecular weight excluding hydrogens is 240 g/mol. The lowest BCUT2D eigenvalue weighted by Crippen LogP contribution is -2.28. The van der Waals surface area contributed by atoms with Crippen molar-refractivity contribution in [1.82, 2.24) is 10.2 Å². The second kappa shape index (κ2) is 5.21. The van der Waals surface area contributed by atoms with Crippen molar-refractivity contribution in [2.45, 2.75) is 32.4 Å². The maximum absolute atomic E-state index is 12.3. The zero-order valence-corrected chi connectivity index (χ0v) is 11.3. The van der Waals surface area contributed by atoms with Crippen LogP contribution < -0.4 is 10.1 Å². The van der Waals surface area contributed by atoms with E-state index in [1.807, 2.05) is 23.1 Å². The highest BCUT2D eigenvalue weighted by Gasteiger charge is 2.21. The summed E-state index contributed by atoms with van der Waals surface area (Å²) in [5, 5.41) is 3.39. The first-order valence-electron chi connectivity index (χ1n) is 7.02. The summed E-state index contributed by atoms with van der Waals surface area (Å²) in [7, 11) is 0. The van der Waals surface area contributed by atoms with E-state index in [1.165, 1.54) is 0 Å². The standard InChI is InChI=1S/C15H20N2O2/c1-11-10-19-14-5-4-12(8-13(14)9-16-11)15(18)17-6-2-3-7-17/h4-5,8,11,16H,2-3,6-7,9-10H2,1H3/t11-/m0/s1. The minimum Gasteiger partial charge on any atom is -0.492 e. The molecule has 0 unspecified atom stereocenters. The van der Waals surface area contributed by atoms with E-state index < -0.39 is 0 Å². The number of fused-ring (bicyclic) bond motifs is 1. The predicted molar refractivity (Wildman–Crippen MR) is 73.4 cm³/mol. The minimum absolute atomic E-state index is 0.151. The molecule has 1 aromatic carbocycles. The highest BCUT2D eigenvalue weighted by atomic mass is 16.5. The molecule has 0 saturated carbocycles. The number of nitrogens with one attached hydrogen (secondary N) is 1. The quantitative estimate of drug-likeness (QED) is 0.837. The molecule has 0 spiro atoms. The number of hydrogen-bond acceptors (Lipinski definition) is 3. The molecule has 102 valence electrons. The zero-order valence-electron chi connectivity index (χ0n) is 11.3. The largest absolute Gasteiger partial charge is 0.492 e. The summed E-state index contributed by atoms with van der Waals surface area (Å²) in [6, 6.07) is 6.12. The molecule has 19 heavy (non-hydrogen) atoms. The van der Waals surface area contributed by atoms with E-state index in [1.54, 1.807) is 0 Å². The summed E-state index contributed by atoms with van der Waals surface area (Å²) in [5.74, 6) is 1.05. The maximum atomic E-state index is 12.3. The van der Waals surface area contributed by atoms with Crippen LogP contribution in [0, 0.1) is 0 Å². The number of likely N-dealkylation sites (tertiary alicyclic amines) is 1. The minimum atomic E-state index is 0.151. The van der Waals surface area contributed by atoms with Gasteiger partial charge < -0.3 is 15.0 Å². The second-order valence-electron chi connectivity index (χ2n) is 5.41. The van der Waals surface area contributed by atoms with E-state index in [9.17, 15) is 4.79 Å². The summed E-state index contributed by atoms with van der Waals surface area (Å²) >= 11 is 0. The van der Waals surface area contributed by atoms with Crippen LogP contribution in [0.4, 0.5) is 0 Å². The van der Waals surface area contributed by atoms with Crippen LogP contribution in [0.15, 0.2) is 18.2 Å². The lowest BCUT2D eigenvalue weighted by molar-refractivity contribution is 0.0792. The van der Waals surface area contributed by atoms with Crippen molar-refractivity contribution in [3.63, 3.8) is 0 Å². The van der Waals surface area contributed by atoms with E-state index >= 15 is 0 Å². The Hall–Kier alpha value is -1.55. The first-order valence-corrected chi connectivity index (χ1v) is 7.02. The van der Waals surface area contributed by atoms with E-state index in [0.717, 1.165) is 49.4 Å². The van der Waals surface area contributed by atoms with Crippen LogP contribution in [0.25, 0.3) is 0 Å². The van der Waals surface area contributed by atoms with Gasteiger partial charge >= 0.3 is 0 Å². The Kier molecular flexibility index (Phi) is 3.42. The summed E-state index contributed by atoms with van der Waals surface area (Å²) < 4.78 is 5.73. The number of nitrogens with zero attached hydrogens (tertiary/aromatic N) is 1. The molecule has 3 rings (SSSR count). The highest BCUT2D eigenvalue weighted by molar-refractivity contribution is 5.94. The van der Waals surface area contributed by atoms with Crippen LogP contribution in [-0.2, 0) is 6.54 Å². The van der Waals surface area contributed by atoms with Gasteiger partial charge in [0.1, 0.15) is 12.4 Å². The van der Waals surface area contributed by atoms with Crippen LogP contribution in [0.5, 0.6) is 5.75 Å². The lowest BCUT2D eigenvalue weighted by atomic mass is 10.1. The number of benzene rings is 1. The van der Waals surface area contributed by atoms with Crippen LogP contribution in [-0.4, -0.2) is 36.5 Å². The van der Waals surface area contributed by atoms with Gasteiger partial charge in [-0.15, -0.1) is 0 Å². The number of hydrogen-bond donors (Lipinski definition) is 1. The van der Waals surface area contributed by atoms with Crippen molar-refractivity contribution >= 4 is 5.91 Å². The molecule has 1 aromatic rings. The van der Waals surface area contributed by atoms with Gasteiger partial charge in [-0.2, -0.15) is 0 Å². The Bertz CT molecular complexity index is 481. The molecule has 1 fully saturated rings. The van der Waals surface area contributed by atoms with Crippen molar-refractivity contribution in [2.75, 3.05) is 19.7 Å². The average molecular weight is 260 g/mol. The molecule has 0 aromatic heterocycles. The van der Waals surface area contributed by atoms with Crippen LogP contribution in [0.2, 0.25) is 0 Å². The first kappa shape index (κ1) is 12.5. The van der Waals surface area contributed by atoms with Gasteiger partial charge in [0.25, 0.3) is 5.91 Å². The van der Waals surface area contributed by atoms with Gasteiger partial charge in [0.05, 0.1) is 0 Å². The van der Waals surface area contributed by atoms with Gasteiger partial charge in [0, 0.05) is 36.8 Å². The van der Waals surface area contributed by atoms with Gasteiger partial charge in [0.2, 0.25) is 0 Å². The lowest BCUT2D eigenvalue weighted by Gasteiger charge is -2.16. The topological polar surface area (TPSA) is 41.6 Å². The van der Waals surface area contributed by atoms with Crippen molar-refractivity contribution in [2.24, 2.45) is 0 Å². The second-order valence-corrected chi connectivity index (χ2v) is 5.41. The van der Waals surface area contributed by atoms with Crippen LogP contribution in [0.1, 0.15) is 35.7 Å². The zero-order chi connectivity index (χ0) is 13.2. The summed E-state index contributed by atoms with van der Waals surface area (Å²) in [5.41, 5.74) is 1.86. The molecule has 1 atom stereocenters. The first-order chi connectivity index (χ1) is 9.24. The SMILES string of the molecule is C[C@H]1COc2ccc(C(=O)N3CCCC3)cc2CN1. The van der Waals surface area contributed by atoms with E-state index in [4.69, 9.17) is 4.74 Å². The van der Waals surface area contributed by atoms with Gasteiger partial charge in [-0.3, -0.25) is 4.79 Å². The fourth-order valence-electron chi connectivity index (χ4n) is 2.65. The number of rotatable bonds is 1. The van der Waals surface area contributed by atoms with Crippen LogP contribution in [0.3, 0.4) is 0 Å². The average Bonchev–Trinajstić information content (AvgIpc) is 2.90. The van der Waals surface area contributed by atoms with E-state index in [-0.39, 0.29) is 5.91 Å². The molecule has 1 saturated heterocycles. The third kappa shape index (κ3) is 2.59. The molecule has 4 nitrogen and oxygen atoms in total. The van der Waals surface area contributed by atoms with Crippen LogP contribution >= 0.6 is 0 Å². The van der Waals surface area contributed by atoms with Crippen molar-refractivity contribution in [3.05, 3.63) is 29.3 Å². The van der Waals surface area contributed by atoms with Gasteiger partial charge in [-0.1, -0.05) is 0 Å². The monoisotopic (exact) mass is 260 g/mol. The summed E-state index contributed by atoms with van der Waals surface area (Å²) in [6.45, 7) is 5.32. The maximum Gasteiger partial charge on any atom is 0.253 e. The predicted octanol–water partition coefficient (Wildman–Crippen LogP) is 1.79. The molecule has 4 heteroatoms. The molecule has 1 N–H and O–H groups in total. The van der Waals surface area contributed by atoms with Gasteiger partial charge in [0.15, 0.2) is 0 Å². The number of amides is 1. The molecule has 0 radical (unpaired) electrons. The summed E-state index contributed by atoms with van der Waals surface area (Å²) in [4.78, 5) is 14.3. The number of carbonyl (C=O) groups excluding carboxylic acids is 1. The van der Waals surface area contributed by atoms with Gasteiger partial charge in [-0.05, 0) is 38.0 Å². The Morgan fingerprint density at radius 1 is 1.37 bits per heavy atom. The molecule has 1 amide bonds. The normalized spacial score (nSPS) is 22.6. The summed E-state index contributed by atoms with van der Waals surface area (Å²) in [6.07, 6.45) is 2.25. The molecule has 2 heterocycles. The molecular formula is C15H20N2O2. The molecule has 2 aliphatic rings. The Morgan fingerprint density at radius 3 is 2.95 bits per heavy atom. The third-order valence-electron chi connectivity index (χ3n) is 3.83. The molecule has 0 bridgehead atoms. The third-order valence-corrected chi connectivity index (χ3v) is 3.83. The number of ether oxygens (including phenoxy) is 1. The highest BCUT2D eigenvalue weighted by Crippen LogP contribution is 2.24. The molecule has 0 aliphatic carbocycles. The van der Waals surface area contributed by atoms with Gasteiger partial charge in [-0.25, -0.2) is 0 Å². The fraction of sp³-hybridized carbons (Fsp3) is 0.533. The van der Waals surface area contributed by atoms with Crippen molar-refractivity contribution < 1.29 is 9.53 Å². The Morgan fingerprint density at radius 2 is 2.16 bits per heavy atom. The van der Waals surface area contributed by atoms with Crippen molar-refractivity contribution in [3.8, 4) is 5.75 Å². The van der Waals surface area contributed by atoms with E-state index in [2.05, 4.69) is 12.2 Å². The van der Waals surface area contributed by atoms with Crippen molar-refractivity contribution in [1.29, 1.82) is 0 Å². The molecule has 2 aliphatic heterocycles.